The molecule has 3 heteroatoms. The van der Waals surface area contributed by atoms with Gasteiger partial charge >= 0.3 is 0 Å². The smallest absolute Gasteiger partial charge is 0.213 e. The topological polar surface area (TPSA) is 39.2 Å². The lowest BCUT2D eigenvalue weighted by Crippen LogP contribution is -1.93. The predicted octanol–water partition coefficient (Wildman–Crippen LogP) is 2.88. The largest absolute Gasteiger partial charge is 0.481 e. The monoisotopic (exact) mass is 227 g/mol. The summed E-state index contributed by atoms with van der Waals surface area (Å²) in [5.74, 6) is 0.595. The molecule has 1 aromatic carbocycles. The van der Waals surface area contributed by atoms with Crippen molar-refractivity contribution in [2.45, 2.75) is 6.92 Å². The Morgan fingerprint density at radius 3 is 2.71 bits per heavy atom. The van der Waals surface area contributed by atoms with Gasteiger partial charge in [-0.1, -0.05) is 18.2 Å². The fraction of sp³-hybridized carbons (Fsp3) is 0.143. The Morgan fingerprint density at radius 2 is 2.06 bits per heavy atom. The van der Waals surface area contributed by atoms with Crippen molar-refractivity contribution in [2.24, 2.45) is 0 Å². The van der Waals surface area contributed by atoms with Crippen molar-refractivity contribution < 1.29 is 9.53 Å². The number of aldehydes is 1. The van der Waals surface area contributed by atoms with Crippen LogP contribution in [0.4, 0.5) is 0 Å². The first-order valence-electron chi connectivity index (χ1n) is 5.32. The molecule has 0 fully saturated rings. The SMILES string of the molecule is COc1ccc(-c2cccc(C=O)c2)c(C)n1. The molecule has 1 heterocycles. The summed E-state index contributed by atoms with van der Waals surface area (Å²) in [5, 5.41) is 0. The number of aryl methyl sites for hydroxylation is 1. The van der Waals surface area contributed by atoms with Gasteiger partial charge in [-0.25, -0.2) is 4.98 Å². The lowest BCUT2D eigenvalue weighted by Gasteiger charge is -2.07. The Labute approximate surface area is 100 Å². The maximum absolute atomic E-state index is 10.7. The van der Waals surface area contributed by atoms with Crippen molar-refractivity contribution in [3.05, 3.63) is 47.7 Å². The first kappa shape index (κ1) is 11.3. The number of rotatable bonds is 3. The van der Waals surface area contributed by atoms with E-state index in [0.29, 0.717) is 11.4 Å². The third kappa shape index (κ3) is 2.33. The zero-order chi connectivity index (χ0) is 12.3. The van der Waals surface area contributed by atoms with Crippen LogP contribution < -0.4 is 4.74 Å². The van der Waals surface area contributed by atoms with Crippen molar-refractivity contribution in [1.29, 1.82) is 0 Å². The molecule has 0 unspecified atom stereocenters. The Hall–Kier alpha value is -2.16. The molecule has 2 aromatic rings. The molecular formula is C14H13NO2. The molecule has 3 nitrogen and oxygen atoms in total. The van der Waals surface area contributed by atoms with Crippen molar-refractivity contribution in [2.75, 3.05) is 7.11 Å². The van der Waals surface area contributed by atoms with E-state index in [-0.39, 0.29) is 0 Å². The van der Waals surface area contributed by atoms with Crippen LogP contribution in [0, 0.1) is 6.92 Å². The van der Waals surface area contributed by atoms with E-state index in [1.165, 1.54) is 0 Å². The molecule has 0 atom stereocenters. The van der Waals surface area contributed by atoms with Crippen LogP contribution in [0.1, 0.15) is 16.1 Å². The average molecular weight is 227 g/mol. The summed E-state index contributed by atoms with van der Waals surface area (Å²) in [5.41, 5.74) is 3.54. The second-order valence-electron chi connectivity index (χ2n) is 3.73. The summed E-state index contributed by atoms with van der Waals surface area (Å²) in [6.45, 7) is 1.92. The highest BCUT2D eigenvalue weighted by atomic mass is 16.5. The predicted molar refractivity (Wildman–Crippen MR) is 66.3 cm³/mol. The maximum atomic E-state index is 10.7. The van der Waals surface area contributed by atoms with E-state index in [2.05, 4.69) is 4.98 Å². The van der Waals surface area contributed by atoms with Crippen LogP contribution in [0.25, 0.3) is 11.1 Å². The molecule has 0 aliphatic carbocycles. The van der Waals surface area contributed by atoms with E-state index in [4.69, 9.17) is 4.74 Å². The minimum Gasteiger partial charge on any atom is -0.481 e. The Bertz CT molecular complexity index is 550. The number of carbonyl (C=O) groups is 1. The van der Waals surface area contributed by atoms with Crippen LogP contribution in [0.5, 0.6) is 5.88 Å². The molecule has 17 heavy (non-hydrogen) atoms. The van der Waals surface area contributed by atoms with Crippen LogP contribution >= 0.6 is 0 Å². The Balaban J connectivity index is 2.48. The van der Waals surface area contributed by atoms with Gasteiger partial charge in [-0.2, -0.15) is 0 Å². The summed E-state index contributed by atoms with van der Waals surface area (Å²) in [4.78, 5) is 15.1. The van der Waals surface area contributed by atoms with Crippen molar-refractivity contribution >= 4 is 6.29 Å². The molecule has 0 saturated carbocycles. The third-order valence-electron chi connectivity index (χ3n) is 2.60. The van der Waals surface area contributed by atoms with Crippen molar-refractivity contribution in [3.63, 3.8) is 0 Å². The molecule has 0 aliphatic heterocycles. The van der Waals surface area contributed by atoms with E-state index in [0.717, 1.165) is 23.1 Å². The zero-order valence-corrected chi connectivity index (χ0v) is 9.81. The van der Waals surface area contributed by atoms with E-state index < -0.39 is 0 Å². The molecule has 0 N–H and O–H groups in total. The minimum atomic E-state index is 0.595. The number of carbonyl (C=O) groups excluding carboxylic acids is 1. The molecule has 2 rings (SSSR count). The third-order valence-corrected chi connectivity index (χ3v) is 2.60. The highest BCUT2D eigenvalue weighted by Crippen LogP contribution is 2.24. The van der Waals surface area contributed by atoms with Gasteiger partial charge < -0.3 is 4.74 Å². The number of ether oxygens (including phenoxy) is 1. The van der Waals surface area contributed by atoms with Gasteiger partial charge in [-0.15, -0.1) is 0 Å². The molecule has 86 valence electrons. The quantitative estimate of drug-likeness (QED) is 0.757. The van der Waals surface area contributed by atoms with Gasteiger partial charge in [0.1, 0.15) is 6.29 Å². The van der Waals surface area contributed by atoms with Crippen LogP contribution in [0.15, 0.2) is 36.4 Å². The van der Waals surface area contributed by atoms with E-state index >= 15 is 0 Å². The van der Waals surface area contributed by atoms with E-state index in [1.807, 2.05) is 37.3 Å². The summed E-state index contributed by atoms with van der Waals surface area (Å²) in [7, 11) is 1.59. The maximum Gasteiger partial charge on any atom is 0.213 e. The fourth-order valence-corrected chi connectivity index (χ4v) is 1.74. The summed E-state index contributed by atoms with van der Waals surface area (Å²) in [6.07, 6.45) is 0.843. The molecule has 1 aromatic heterocycles. The standard InChI is InChI=1S/C14H13NO2/c1-10-13(6-7-14(15-10)17-2)12-5-3-4-11(8-12)9-16/h3-9H,1-2H3. The highest BCUT2D eigenvalue weighted by molar-refractivity contribution is 5.79. The van der Waals surface area contributed by atoms with Gasteiger partial charge in [0.2, 0.25) is 5.88 Å². The Kier molecular flexibility index (Phi) is 3.19. The molecular weight excluding hydrogens is 214 g/mol. The van der Waals surface area contributed by atoms with Gasteiger partial charge in [0.15, 0.2) is 0 Å². The highest BCUT2D eigenvalue weighted by Gasteiger charge is 2.05. The number of pyridine rings is 1. The fourth-order valence-electron chi connectivity index (χ4n) is 1.74. The Morgan fingerprint density at radius 1 is 1.24 bits per heavy atom. The van der Waals surface area contributed by atoms with Crippen molar-refractivity contribution in [1.82, 2.24) is 4.98 Å². The van der Waals surface area contributed by atoms with Gasteiger partial charge in [0.05, 0.1) is 7.11 Å². The summed E-state index contributed by atoms with van der Waals surface area (Å²) >= 11 is 0. The van der Waals surface area contributed by atoms with Gasteiger partial charge in [0.25, 0.3) is 0 Å². The molecule has 0 radical (unpaired) electrons. The number of nitrogens with zero attached hydrogens (tertiary/aromatic N) is 1. The normalized spacial score (nSPS) is 10.0. The first-order valence-corrected chi connectivity index (χ1v) is 5.32. The van der Waals surface area contributed by atoms with Crippen LogP contribution in [-0.4, -0.2) is 18.4 Å². The molecule has 0 bridgehead atoms. The van der Waals surface area contributed by atoms with Gasteiger partial charge in [-0.3, -0.25) is 4.79 Å². The number of aromatic nitrogens is 1. The summed E-state index contributed by atoms with van der Waals surface area (Å²) in [6, 6.07) is 11.2. The number of benzene rings is 1. The number of methoxy groups -OCH3 is 1. The summed E-state index contributed by atoms with van der Waals surface area (Å²) < 4.78 is 5.06. The van der Waals surface area contributed by atoms with Crippen molar-refractivity contribution in [3.8, 4) is 17.0 Å². The lowest BCUT2D eigenvalue weighted by atomic mass is 10.0. The molecule has 0 spiro atoms. The lowest BCUT2D eigenvalue weighted by molar-refractivity contribution is 0.112. The van der Waals surface area contributed by atoms with E-state index in [9.17, 15) is 4.79 Å². The number of hydrogen-bond acceptors (Lipinski definition) is 3. The second kappa shape index (κ2) is 4.78. The van der Waals surface area contributed by atoms with Crippen LogP contribution in [-0.2, 0) is 0 Å². The minimum absolute atomic E-state index is 0.595. The second-order valence-corrected chi connectivity index (χ2v) is 3.73. The number of hydrogen-bond donors (Lipinski definition) is 0. The first-order chi connectivity index (χ1) is 8.24. The van der Waals surface area contributed by atoms with Crippen LogP contribution in [0.2, 0.25) is 0 Å². The van der Waals surface area contributed by atoms with Gasteiger partial charge in [-0.05, 0) is 24.6 Å². The molecule has 0 amide bonds. The zero-order valence-electron chi connectivity index (χ0n) is 9.81. The van der Waals surface area contributed by atoms with Crippen LogP contribution in [0.3, 0.4) is 0 Å². The average Bonchev–Trinajstić information content (AvgIpc) is 2.38. The van der Waals surface area contributed by atoms with E-state index in [1.54, 1.807) is 13.2 Å². The molecule has 0 aliphatic rings. The molecule has 0 saturated heterocycles. The van der Waals surface area contributed by atoms with Gasteiger partial charge in [0, 0.05) is 22.9 Å².